The molecule has 1 aromatic heterocycles. The van der Waals surface area contributed by atoms with Crippen LogP contribution in [0.25, 0.3) is 11.3 Å². The Morgan fingerprint density at radius 3 is 2.28 bits per heavy atom. The second kappa shape index (κ2) is 10.9. The summed E-state index contributed by atoms with van der Waals surface area (Å²) in [4.78, 5) is 0. The Balaban J connectivity index is 1.84. The van der Waals surface area contributed by atoms with Gasteiger partial charge in [-0.25, -0.2) is 0 Å². The van der Waals surface area contributed by atoms with E-state index in [0.29, 0.717) is 18.4 Å². The molecule has 25 heavy (non-hydrogen) atoms. The molecule has 1 aromatic carbocycles. The van der Waals surface area contributed by atoms with E-state index in [-0.39, 0.29) is 0 Å². The second-order valence-corrected chi connectivity index (χ2v) is 6.94. The number of rotatable bonds is 11. The highest BCUT2D eigenvalue weighted by Gasteiger charge is 2.04. The summed E-state index contributed by atoms with van der Waals surface area (Å²) >= 11 is 0. The van der Waals surface area contributed by atoms with E-state index in [9.17, 15) is 0 Å². The summed E-state index contributed by atoms with van der Waals surface area (Å²) in [6, 6.07) is 12.6. The van der Waals surface area contributed by atoms with Crippen molar-refractivity contribution in [1.82, 2.24) is 10.2 Å². The third-order valence-electron chi connectivity index (χ3n) is 4.67. The first-order valence-electron chi connectivity index (χ1n) is 9.78. The maximum absolute atomic E-state index is 5.67. The van der Waals surface area contributed by atoms with Gasteiger partial charge in [-0.15, -0.1) is 10.2 Å². The molecular weight excluding hydrogens is 308 g/mol. The van der Waals surface area contributed by atoms with Gasteiger partial charge in [-0.2, -0.15) is 0 Å². The summed E-state index contributed by atoms with van der Waals surface area (Å²) in [5.41, 5.74) is 3.41. The van der Waals surface area contributed by atoms with Gasteiger partial charge >= 0.3 is 0 Å². The van der Waals surface area contributed by atoms with Crippen LogP contribution < -0.4 is 4.74 Å². The molecule has 0 aliphatic rings. The Morgan fingerprint density at radius 1 is 0.880 bits per heavy atom. The average Bonchev–Trinajstić information content (AvgIpc) is 2.67. The van der Waals surface area contributed by atoms with Gasteiger partial charge in [0.1, 0.15) is 0 Å². The van der Waals surface area contributed by atoms with Crippen LogP contribution in [0.1, 0.15) is 64.9 Å². The van der Waals surface area contributed by atoms with Gasteiger partial charge in [0, 0.05) is 11.6 Å². The first-order valence-corrected chi connectivity index (χ1v) is 9.78. The van der Waals surface area contributed by atoms with E-state index in [1.165, 1.54) is 37.7 Å². The minimum atomic E-state index is 0.538. The highest BCUT2D eigenvalue weighted by atomic mass is 16.5. The molecule has 0 bridgehead atoms. The van der Waals surface area contributed by atoms with Crippen LogP contribution in [0, 0.1) is 5.92 Å². The van der Waals surface area contributed by atoms with Gasteiger partial charge in [-0.1, -0.05) is 77.1 Å². The summed E-state index contributed by atoms with van der Waals surface area (Å²) in [6.45, 7) is 7.29. The van der Waals surface area contributed by atoms with Crippen molar-refractivity contribution in [3.8, 4) is 17.1 Å². The van der Waals surface area contributed by atoms with Crippen LogP contribution in [-0.4, -0.2) is 16.8 Å². The fourth-order valence-corrected chi connectivity index (χ4v) is 2.67. The van der Waals surface area contributed by atoms with Crippen molar-refractivity contribution in [2.45, 2.75) is 65.7 Å². The van der Waals surface area contributed by atoms with Gasteiger partial charge in [0.15, 0.2) is 0 Å². The number of benzene rings is 1. The number of aromatic nitrogens is 2. The molecule has 1 unspecified atom stereocenters. The summed E-state index contributed by atoms with van der Waals surface area (Å²) in [6.07, 6.45) is 8.90. The van der Waals surface area contributed by atoms with Gasteiger partial charge in [0.25, 0.3) is 0 Å². The van der Waals surface area contributed by atoms with Gasteiger partial charge in [-0.05, 0) is 30.4 Å². The molecule has 0 aliphatic carbocycles. The van der Waals surface area contributed by atoms with Crippen molar-refractivity contribution >= 4 is 0 Å². The molecule has 0 spiro atoms. The van der Waals surface area contributed by atoms with Crippen LogP contribution in [0.15, 0.2) is 36.4 Å². The van der Waals surface area contributed by atoms with Crippen LogP contribution in [-0.2, 0) is 6.42 Å². The number of unbranched alkanes of at least 4 members (excludes halogenated alkanes) is 4. The van der Waals surface area contributed by atoms with Gasteiger partial charge in [0.2, 0.25) is 5.88 Å². The van der Waals surface area contributed by atoms with Crippen molar-refractivity contribution in [3.05, 3.63) is 42.0 Å². The molecule has 3 heteroatoms. The lowest BCUT2D eigenvalue weighted by Crippen LogP contribution is -2.08. The number of aryl methyl sites for hydroxylation is 1. The maximum Gasteiger partial charge on any atom is 0.233 e. The lowest BCUT2D eigenvalue weighted by atomic mass is 10.0. The molecule has 136 valence electrons. The number of ether oxygens (including phenoxy) is 1. The zero-order valence-corrected chi connectivity index (χ0v) is 16.0. The minimum absolute atomic E-state index is 0.538. The van der Waals surface area contributed by atoms with E-state index in [2.05, 4.69) is 55.2 Å². The second-order valence-electron chi connectivity index (χ2n) is 6.94. The Labute approximate surface area is 152 Å². The Bertz CT molecular complexity index is 592. The van der Waals surface area contributed by atoms with Gasteiger partial charge < -0.3 is 4.74 Å². The topological polar surface area (TPSA) is 35.0 Å². The van der Waals surface area contributed by atoms with Gasteiger partial charge in [0.05, 0.1) is 12.3 Å². The summed E-state index contributed by atoms with van der Waals surface area (Å²) in [5, 5.41) is 8.49. The van der Waals surface area contributed by atoms with Crippen molar-refractivity contribution < 1.29 is 4.74 Å². The summed E-state index contributed by atoms with van der Waals surface area (Å²) in [7, 11) is 0. The highest BCUT2D eigenvalue weighted by Crippen LogP contribution is 2.20. The van der Waals surface area contributed by atoms with Crippen molar-refractivity contribution in [3.63, 3.8) is 0 Å². The van der Waals surface area contributed by atoms with Crippen LogP contribution in [0.5, 0.6) is 5.88 Å². The molecule has 1 heterocycles. The molecule has 0 amide bonds. The quantitative estimate of drug-likeness (QED) is 0.465. The van der Waals surface area contributed by atoms with Crippen LogP contribution >= 0.6 is 0 Å². The normalized spacial score (nSPS) is 12.1. The first-order chi connectivity index (χ1) is 12.2. The lowest BCUT2D eigenvalue weighted by molar-refractivity contribution is 0.245. The van der Waals surface area contributed by atoms with Gasteiger partial charge in [-0.3, -0.25) is 0 Å². The molecule has 2 rings (SSSR count). The molecular formula is C22H32N2O. The molecule has 0 fully saturated rings. The van der Waals surface area contributed by atoms with Crippen LogP contribution in [0.4, 0.5) is 0 Å². The summed E-state index contributed by atoms with van der Waals surface area (Å²) in [5.74, 6) is 1.14. The lowest BCUT2D eigenvalue weighted by Gasteiger charge is -2.10. The Morgan fingerprint density at radius 2 is 1.64 bits per heavy atom. The zero-order chi connectivity index (χ0) is 17.9. The van der Waals surface area contributed by atoms with E-state index in [1.54, 1.807) is 0 Å². The average molecular weight is 341 g/mol. The molecule has 3 nitrogen and oxygen atoms in total. The fourth-order valence-electron chi connectivity index (χ4n) is 2.67. The SMILES string of the molecule is CCCCCCCc1ccc(-c2ccc(OCC(C)CC)nn2)cc1. The predicted octanol–water partition coefficient (Wildman–Crippen LogP) is 6.08. The number of nitrogens with zero attached hydrogens (tertiary/aromatic N) is 2. The molecule has 0 saturated carbocycles. The Kier molecular flexibility index (Phi) is 8.44. The van der Waals surface area contributed by atoms with Crippen LogP contribution in [0.2, 0.25) is 0 Å². The van der Waals surface area contributed by atoms with Crippen molar-refractivity contribution in [1.29, 1.82) is 0 Å². The van der Waals surface area contributed by atoms with Crippen molar-refractivity contribution in [2.24, 2.45) is 5.92 Å². The molecule has 1 atom stereocenters. The van der Waals surface area contributed by atoms with E-state index < -0.39 is 0 Å². The predicted molar refractivity (Wildman–Crippen MR) is 105 cm³/mol. The third-order valence-corrected chi connectivity index (χ3v) is 4.67. The standard InChI is InChI=1S/C22H32N2O/c1-4-6-7-8-9-10-19-11-13-20(14-12-19)21-15-16-22(24-23-21)25-17-18(3)5-2/h11-16,18H,4-10,17H2,1-3H3. The summed E-state index contributed by atoms with van der Waals surface area (Å²) < 4.78 is 5.67. The molecule has 2 aromatic rings. The third kappa shape index (κ3) is 6.85. The minimum Gasteiger partial charge on any atom is -0.476 e. The fraction of sp³-hybridized carbons (Fsp3) is 0.545. The maximum atomic E-state index is 5.67. The van der Waals surface area contributed by atoms with E-state index >= 15 is 0 Å². The number of hydrogen-bond acceptors (Lipinski definition) is 3. The van der Waals surface area contributed by atoms with E-state index in [1.807, 2.05) is 12.1 Å². The first kappa shape index (κ1) is 19.4. The van der Waals surface area contributed by atoms with E-state index in [0.717, 1.165) is 24.1 Å². The molecule has 0 saturated heterocycles. The highest BCUT2D eigenvalue weighted by molar-refractivity contribution is 5.58. The molecule has 0 radical (unpaired) electrons. The number of hydrogen-bond donors (Lipinski definition) is 0. The molecule has 0 N–H and O–H groups in total. The smallest absolute Gasteiger partial charge is 0.233 e. The van der Waals surface area contributed by atoms with E-state index in [4.69, 9.17) is 4.74 Å². The van der Waals surface area contributed by atoms with Crippen molar-refractivity contribution in [2.75, 3.05) is 6.61 Å². The Hall–Kier alpha value is -1.90. The zero-order valence-electron chi connectivity index (χ0n) is 16.0. The monoisotopic (exact) mass is 340 g/mol. The largest absolute Gasteiger partial charge is 0.476 e. The molecule has 0 aliphatic heterocycles. The van der Waals surface area contributed by atoms with Crippen LogP contribution in [0.3, 0.4) is 0 Å².